The summed E-state index contributed by atoms with van der Waals surface area (Å²) in [4.78, 5) is 0. The Bertz CT molecular complexity index is 734. The van der Waals surface area contributed by atoms with Gasteiger partial charge >= 0.3 is 0 Å². The minimum absolute atomic E-state index is 0.505. The molecule has 2 aliphatic carbocycles. The van der Waals surface area contributed by atoms with Gasteiger partial charge in [0.25, 0.3) is 0 Å². The summed E-state index contributed by atoms with van der Waals surface area (Å²) in [7, 11) is 0. The largest absolute Gasteiger partial charge is 0.379 e. The third kappa shape index (κ3) is 5.55. The van der Waals surface area contributed by atoms with Crippen LogP contribution < -0.4 is 0 Å². The number of benzene rings is 2. The molecule has 0 aromatic heterocycles. The Hall–Kier alpha value is -1.60. The highest BCUT2D eigenvalue weighted by Gasteiger charge is 2.25. The fourth-order valence-electron chi connectivity index (χ4n) is 5.99. The molecule has 0 spiro atoms. The number of rotatable bonds is 7. The topological polar surface area (TPSA) is 9.23 Å². The summed E-state index contributed by atoms with van der Waals surface area (Å²) in [5.41, 5.74) is 4.64. The van der Waals surface area contributed by atoms with Crippen molar-refractivity contribution in [2.75, 3.05) is 6.61 Å². The third-order valence-corrected chi connectivity index (χ3v) is 7.86. The van der Waals surface area contributed by atoms with Gasteiger partial charge in [-0.1, -0.05) is 61.5 Å². The van der Waals surface area contributed by atoms with Crippen LogP contribution in [0.1, 0.15) is 106 Å². The lowest BCUT2D eigenvalue weighted by Crippen LogP contribution is -2.20. The van der Waals surface area contributed by atoms with Gasteiger partial charge in [0.15, 0.2) is 0 Å². The summed E-state index contributed by atoms with van der Waals surface area (Å²) < 4.78 is 5.82. The van der Waals surface area contributed by atoms with Crippen molar-refractivity contribution in [1.82, 2.24) is 0 Å². The second-order valence-electron chi connectivity index (χ2n) is 9.86. The highest BCUT2D eigenvalue weighted by Crippen LogP contribution is 2.40. The van der Waals surface area contributed by atoms with E-state index < -0.39 is 0 Å². The van der Waals surface area contributed by atoms with Gasteiger partial charge in [0.1, 0.15) is 0 Å². The molecule has 1 heteroatoms. The molecule has 0 N–H and O–H groups in total. The average Bonchev–Trinajstić information content (AvgIpc) is 2.81. The average molecular weight is 405 g/mol. The molecule has 4 rings (SSSR count). The molecule has 2 aromatic rings. The lowest BCUT2D eigenvalue weighted by molar-refractivity contribution is 0.0328. The maximum Gasteiger partial charge on any atom is 0.0575 e. The lowest BCUT2D eigenvalue weighted by Gasteiger charge is -2.31. The predicted octanol–water partition coefficient (Wildman–Crippen LogP) is 8.22. The van der Waals surface area contributed by atoms with Gasteiger partial charge < -0.3 is 4.74 Å². The lowest BCUT2D eigenvalue weighted by atomic mass is 9.74. The molecule has 1 nitrogen and oxygen atoms in total. The first-order valence-electron chi connectivity index (χ1n) is 12.5. The van der Waals surface area contributed by atoms with Crippen LogP contribution in [0.25, 0.3) is 0 Å². The number of hydrogen-bond donors (Lipinski definition) is 0. The van der Waals surface area contributed by atoms with E-state index in [9.17, 15) is 0 Å². The predicted molar refractivity (Wildman–Crippen MR) is 127 cm³/mol. The fraction of sp³-hybridized carbons (Fsp3) is 0.586. The van der Waals surface area contributed by atoms with Crippen LogP contribution in [0.3, 0.4) is 0 Å². The van der Waals surface area contributed by atoms with Gasteiger partial charge in [0, 0.05) is 6.61 Å². The minimum atomic E-state index is 0.505. The minimum Gasteiger partial charge on any atom is -0.379 e. The molecular formula is C29H40O. The Morgan fingerprint density at radius 2 is 1.27 bits per heavy atom. The highest BCUT2D eigenvalue weighted by molar-refractivity contribution is 5.28. The molecule has 0 bridgehead atoms. The molecule has 2 aromatic carbocycles. The Balaban J connectivity index is 1.25. The van der Waals surface area contributed by atoms with Crippen LogP contribution in [0.5, 0.6) is 0 Å². The maximum absolute atomic E-state index is 5.82. The molecule has 2 saturated carbocycles. The van der Waals surface area contributed by atoms with Crippen molar-refractivity contribution in [3.63, 3.8) is 0 Å². The van der Waals surface area contributed by atoms with E-state index in [1.54, 1.807) is 11.1 Å². The van der Waals surface area contributed by atoms with Crippen LogP contribution in [-0.4, -0.2) is 12.7 Å². The monoisotopic (exact) mass is 404 g/mol. The Kier molecular flexibility index (Phi) is 7.66. The molecular weight excluding hydrogens is 364 g/mol. The van der Waals surface area contributed by atoms with Gasteiger partial charge in [-0.15, -0.1) is 0 Å². The van der Waals surface area contributed by atoms with Crippen LogP contribution in [0, 0.1) is 5.92 Å². The van der Waals surface area contributed by atoms with Crippen LogP contribution in [0.2, 0.25) is 0 Å². The first-order valence-corrected chi connectivity index (χ1v) is 12.5. The zero-order chi connectivity index (χ0) is 20.8. The number of ether oxygens (including phenoxy) is 1. The van der Waals surface area contributed by atoms with E-state index in [1.807, 2.05) is 0 Å². The standard InChI is InChI=1S/C29H40O/c1-3-30-29-19-17-28(18-20-29)27-15-13-26(14-16-27)25-11-9-23(10-12-25)21-22(2)24-7-5-4-6-8-24/h4-8,13-16,22-23,25,28-29H,3,9-12,17-21H2,1-2H3/t22-,23?,25?,28?,29?/m0/s1. The highest BCUT2D eigenvalue weighted by atomic mass is 16.5. The summed E-state index contributed by atoms with van der Waals surface area (Å²) in [6, 6.07) is 20.8. The summed E-state index contributed by atoms with van der Waals surface area (Å²) in [5, 5.41) is 0. The van der Waals surface area contributed by atoms with Crippen LogP contribution in [0.4, 0.5) is 0 Å². The van der Waals surface area contributed by atoms with Gasteiger partial charge in [-0.2, -0.15) is 0 Å². The third-order valence-electron chi connectivity index (χ3n) is 7.86. The Morgan fingerprint density at radius 1 is 0.733 bits per heavy atom. The molecule has 0 unspecified atom stereocenters. The smallest absolute Gasteiger partial charge is 0.0575 e. The van der Waals surface area contributed by atoms with Gasteiger partial charge in [0.2, 0.25) is 0 Å². The molecule has 0 aliphatic heterocycles. The van der Waals surface area contributed by atoms with E-state index in [4.69, 9.17) is 4.74 Å². The van der Waals surface area contributed by atoms with Gasteiger partial charge in [-0.05, 0) is 105 Å². The zero-order valence-corrected chi connectivity index (χ0v) is 19.1. The first-order chi connectivity index (χ1) is 14.7. The van der Waals surface area contributed by atoms with E-state index in [0.717, 1.165) is 24.4 Å². The van der Waals surface area contributed by atoms with Gasteiger partial charge in [-0.25, -0.2) is 0 Å². The van der Waals surface area contributed by atoms with Crippen LogP contribution in [-0.2, 0) is 4.74 Å². The molecule has 0 amide bonds. The zero-order valence-electron chi connectivity index (χ0n) is 19.1. The van der Waals surface area contributed by atoms with Crippen molar-refractivity contribution in [1.29, 1.82) is 0 Å². The van der Waals surface area contributed by atoms with Crippen molar-refractivity contribution >= 4 is 0 Å². The summed E-state index contributed by atoms with van der Waals surface area (Å²) in [5.74, 6) is 3.10. The summed E-state index contributed by atoms with van der Waals surface area (Å²) >= 11 is 0. The molecule has 2 aliphatic rings. The van der Waals surface area contributed by atoms with Gasteiger partial charge in [0.05, 0.1) is 6.10 Å². The summed E-state index contributed by atoms with van der Waals surface area (Å²) in [6.07, 6.45) is 12.4. The molecule has 162 valence electrons. The van der Waals surface area contributed by atoms with E-state index in [0.29, 0.717) is 12.0 Å². The second kappa shape index (κ2) is 10.6. The molecule has 30 heavy (non-hydrogen) atoms. The van der Waals surface area contributed by atoms with Crippen LogP contribution in [0.15, 0.2) is 54.6 Å². The molecule has 2 fully saturated rings. The van der Waals surface area contributed by atoms with Crippen molar-refractivity contribution in [3.05, 3.63) is 71.3 Å². The fourth-order valence-corrected chi connectivity index (χ4v) is 5.99. The van der Waals surface area contributed by atoms with Crippen LogP contribution >= 0.6 is 0 Å². The summed E-state index contributed by atoms with van der Waals surface area (Å²) in [6.45, 7) is 5.38. The SMILES string of the molecule is CCOC1CCC(c2ccc(C3CCC(C[C@H](C)c4ccccc4)CC3)cc2)CC1. The Morgan fingerprint density at radius 3 is 1.80 bits per heavy atom. The molecule has 0 radical (unpaired) electrons. The first kappa shape index (κ1) is 21.6. The van der Waals surface area contributed by atoms with Crippen molar-refractivity contribution in [2.24, 2.45) is 5.92 Å². The van der Waals surface area contributed by atoms with E-state index in [1.165, 1.54) is 63.4 Å². The molecule has 1 atom stereocenters. The van der Waals surface area contributed by atoms with Crippen molar-refractivity contribution < 1.29 is 4.74 Å². The second-order valence-corrected chi connectivity index (χ2v) is 9.86. The normalized spacial score (nSPS) is 28.2. The molecule has 0 heterocycles. The maximum atomic E-state index is 5.82. The van der Waals surface area contributed by atoms with Crippen molar-refractivity contribution in [2.45, 2.75) is 95.5 Å². The Labute approximate surface area is 184 Å². The van der Waals surface area contributed by atoms with Gasteiger partial charge in [-0.3, -0.25) is 0 Å². The van der Waals surface area contributed by atoms with Crippen molar-refractivity contribution in [3.8, 4) is 0 Å². The van der Waals surface area contributed by atoms with E-state index in [2.05, 4.69) is 68.4 Å². The van der Waals surface area contributed by atoms with E-state index in [-0.39, 0.29) is 0 Å². The van der Waals surface area contributed by atoms with E-state index >= 15 is 0 Å². The molecule has 0 saturated heterocycles. The number of hydrogen-bond acceptors (Lipinski definition) is 1. The quantitative estimate of drug-likeness (QED) is 0.451.